The van der Waals surface area contributed by atoms with Crippen LogP contribution < -0.4 is 10.1 Å². The molecule has 0 bridgehead atoms. The fraction of sp³-hybridized carbons (Fsp3) is 0.100. The predicted molar refractivity (Wildman–Crippen MR) is 97.0 cm³/mol. The summed E-state index contributed by atoms with van der Waals surface area (Å²) in [5.74, 6) is -0.502. The smallest absolute Gasteiger partial charge is 0.259 e. The highest BCUT2D eigenvalue weighted by molar-refractivity contribution is 6.31. The highest BCUT2D eigenvalue weighted by atomic mass is 35.5. The quantitative estimate of drug-likeness (QED) is 0.845. The van der Waals surface area contributed by atoms with Gasteiger partial charge in [-0.15, -0.1) is 0 Å². The van der Waals surface area contributed by atoms with Crippen molar-refractivity contribution in [2.75, 3.05) is 0 Å². The number of ether oxygens (including phenoxy) is 1. The summed E-state index contributed by atoms with van der Waals surface area (Å²) in [6, 6.07) is 9.00. The normalized spacial score (nSPS) is 13.3. The van der Waals surface area contributed by atoms with Gasteiger partial charge in [0.15, 0.2) is 5.78 Å². The molecule has 2 aromatic carbocycles. The van der Waals surface area contributed by atoms with Crippen molar-refractivity contribution < 1.29 is 18.7 Å². The number of rotatable bonds is 4. The van der Waals surface area contributed by atoms with Crippen molar-refractivity contribution in [2.24, 2.45) is 0 Å². The van der Waals surface area contributed by atoms with E-state index in [2.05, 4.69) is 5.32 Å². The highest BCUT2D eigenvalue weighted by Gasteiger charge is 2.16. The Hall–Kier alpha value is -2.92. The van der Waals surface area contributed by atoms with E-state index in [0.717, 1.165) is 0 Å². The Morgan fingerprint density at radius 1 is 1.23 bits per heavy atom. The topological polar surface area (TPSA) is 55.4 Å². The van der Waals surface area contributed by atoms with Gasteiger partial charge < -0.3 is 10.1 Å². The molecule has 1 aliphatic carbocycles. The van der Waals surface area contributed by atoms with E-state index in [1.54, 1.807) is 37.3 Å². The Bertz CT molecular complexity index is 950. The van der Waals surface area contributed by atoms with E-state index in [-0.39, 0.29) is 22.8 Å². The third-order valence-corrected chi connectivity index (χ3v) is 3.98. The summed E-state index contributed by atoms with van der Waals surface area (Å²) in [5, 5.41) is 2.99. The van der Waals surface area contributed by atoms with Gasteiger partial charge in [0.25, 0.3) is 5.91 Å². The maximum Gasteiger partial charge on any atom is 0.259 e. The zero-order valence-electron chi connectivity index (χ0n) is 13.9. The number of halogens is 2. The van der Waals surface area contributed by atoms with Gasteiger partial charge in [-0.3, -0.25) is 9.59 Å². The highest BCUT2D eigenvalue weighted by Crippen LogP contribution is 2.29. The molecular weight excluding hydrogens is 357 g/mol. The summed E-state index contributed by atoms with van der Waals surface area (Å²) in [6.07, 6.45) is 4.99. The molecule has 0 spiro atoms. The second-order valence-electron chi connectivity index (χ2n) is 5.78. The second kappa shape index (κ2) is 7.54. The standard InChI is InChI=1S/C20H15ClFNO3/c1-12-5-7-16(11-18(12)22)26-19-8-6-13(21)9-17(19)20(25)23-14-3-2-4-15(24)10-14/h2-3,5-11H,4H2,1H3,(H,23,25). The van der Waals surface area contributed by atoms with Crippen LogP contribution in [0.2, 0.25) is 5.02 Å². The van der Waals surface area contributed by atoms with E-state index in [4.69, 9.17) is 16.3 Å². The third kappa shape index (κ3) is 4.18. The van der Waals surface area contributed by atoms with Crippen LogP contribution in [0.3, 0.4) is 0 Å². The van der Waals surface area contributed by atoms with Crippen molar-refractivity contribution in [3.8, 4) is 11.5 Å². The lowest BCUT2D eigenvalue weighted by atomic mass is 10.1. The number of ketones is 1. The van der Waals surface area contributed by atoms with Gasteiger partial charge in [-0.25, -0.2) is 4.39 Å². The van der Waals surface area contributed by atoms with Crippen LogP contribution in [0.15, 0.2) is 60.3 Å². The van der Waals surface area contributed by atoms with Gasteiger partial charge in [0.05, 0.1) is 5.56 Å². The Balaban J connectivity index is 1.87. The first-order chi connectivity index (χ1) is 12.4. The van der Waals surface area contributed by atoms with E-state index >= 15 is 0 Å². The predicted octanol–water partition coefficient (Wildman–Crippen LogP) is 4.72. The minimum Gasteiger partial charge on any atom is -0.456 e. The minimum absolute atomic E-state index is 0.0968. The van der Waals surface area contributed by atoms with Crippen molar-refractivity contribution in [1.29, 1.82) is 0 Å². The van der Waals surface area contributed by atoms with E-state index in [1.165, 1.54) is 24.3 Å². The monoisotopic (exact) mass is 371 g/mol. The molecule has 0 atom stereocenters. The van der Waals surface area contributed by atoms with Gasteiger partial charge in [-0.1, -0.05) is 23.7 Å². The van der Waals surface area contributed by atoms with E-state index in [1.807, 2.05) is 0 Å². The summed E-state index contributed by atoms with van der Waals surface area (Å²) < 4.78 is 19.4. The first-order valence-corrected chi connectivity index (χ1v) is 8.26. The Morgan fingerprint density at radius 3 is 2.77 bits per heavy atom. The number of benzene rings is 2. The Labute approximate surface area is 154 Å². The van der Waals surface area contributed by atoms with Crippen LogP contribution >= 0.6 is 11.6 Å². The van der Waals surface area contributed by atoms with Crippen LogP contribution in [0.25, 0.3) is 0 Å². The lowest BCUT2D eigenvalue weighted by Gasteiger charge is -2.13. The van der Waals surface area contributed by atoms with Crippen LogP contribution in [0.1, 0.15) is 22.3 Å². The Kier molecular flexibility index (Phi) is 5.19. The minimum atomic E-state index is -0.485. The second-order valence-corrected chi connectivity index (χ2v) is 6.22. The van der Waals surface area contributed by atoms with Crippen LogP contribution in [-0.2, 0) is 4.79 Å². The summed E-state index contributed by atoms with van der Waals surface area (Å²) in [4.78, 5) is 24.0. The van der Waals surface area contributed by atoms with E-state index in [9.17, 15) is 14.0 Å². The zero-order chi connectivity index (χ0) is 18.7. The van der Waals surface area contributed by atoms with Crippen molar-refractivity contribution >= 4 is 23.3 Å². The molecule has 0 heterocycles. The molecule has 1 amide bonds. The van der Waals surface area contributed by atoms with Crippen molar-refractivity contribution in [3.63, 3.8) is 0 Å². The molecule has 2 aromatic rings. The number of amides is 1. The molecule has 3 rings (SSSR count). The molecule has 0 aliphatic heterocycles. The third-order valence-electron chi connectivity index (χ3n) is 3.75. The summed E-state index contributed by atoms with van der Waals surface area (Å²) >= 11 is 6.00. The van der Waals surface area contributed by atoms with Gasteiger partial charge in [0.1, 0.15) is 17.3 Å². The molecule has 1 aliphatic rings. The molecule has 0 saturated carbocycles. The molecule has 1 N–H and O–H groups in total. The van der Waals surface area contributed by atoms with Gasteiger partial charge in [-0.2, -0.15) is 0 Å². The van der Waals surface area contributed by atoms with E-state index < -0.39 is 11.7 Å². The van der Waals surface area contributed by atoms with Gasteiger partial charge in [0.2, 0.25) is 0 Å². The summed E-state index contributed by atoms with van der Waals surface area (Å²) in [5.41, 5.74) is 1.05. The van der Waals surface area contributed by atoms with Gasteiger partial charge >= 0.3 is 0 Å². The number of allylic oxidation sites excluding steroid dienone is 3. The molecule has 0 fully saturated rings. The molecule has 0 unspecified atom stereocenters. The number of nitrogens with one attached hydrogen (secondary N) is 1. The lowest BCUT2D eigenvalue weighted by molar-refractivity contribution is -0.113. The fourth-order valence-corrected chi connectivity index (χ4v) is 2.56. The summed E-state index contributed by atoms with van der Waals surface area (Å²) in [6.45, 7) is 1.65. The molecule has 0 radical (unpaired) electrons. The van der Waals surface area contributed by atoms with Gasteiger partial charge in [0, 0.05) is 29.3 Å². The molecule has 0 aromatic heterocycles. The molecule has 4 nitrogen and oxygen atoms in total. The Morgan fingerprint density at radius 2 is 2.04 bits per heavy atom. The van der Waals surface area contributed by atoms with Crippen LogP contribution in [0.4, 0.5) is 4.39 Å². The first-order valence-electron chi connectivity index (χ1n) is 7.88. The van der Waals surface area contributed by atoms with Crippen molar-refractivity contribution in [2.45, 2.75) is 13.3 Å². The number of aryl methyl sites for hydroxylation is 1. The van der Waals surface area contributed by atoms with Crippen LogP contribution in [0.5, 0.6) is 11.5 Å². The first kappa shape index (κ1) is 17.9. The van der Waals surface area contributed by atoms with E-state index in [0.29, 0.717) is 22.7 Å². The fourth-order valence-electron chi connectivity index (χ4n) is 2.39. The number of carbonyl (C=O) groups excluding carboxylic acids is 2. The zero-order valence-corrected chi connectivity index (χ0v) is 14.6. The maximum absolute atomic E-state index is 13.7. The summed E-state index contributed by atoms with van der Waals surface area (Å²) in [7, 11) is 0. The number of hydrogen-bond donors (Lipinski definition) is 1. The van der Waals surface area contributed by atoms with Crippen LogP contribution in [0, 0.1) is 12.7 Å². The molecule has 6 heteroatoms. The number of hydrogen-bond acceptors (Lipinski definition) is 3. The maximum atomic E-state index is 13.7. The van der Waals surface area contributed by atoms with Crippen molar-refractivity contribution in [1.82, 2.24) is 5.32 Å². The average Bonchev–Trinajstić information content (AvgIpc) is 2.59. The van der Waals surface area contributed by atoms with Crippen molar-refractivity contribution in [3.05, 3.63) is 82.3 Å². The number of carbonyl (C=O) groups is 2. The average molecular weight is 372 g/mol. The largest absolute Gasteiger partial charge is 0.456 e. The SMILES string of the molecule is Cc1ccc(Oc2ccc(Cl)cc2C(=O)NC2=CC(=O)CC=C2)cc1F. The van der Waals surface area contributed by atoms with Crippen LogP contribution in [-0.4, -0.2) is 11.7 Å². The molecule has 132 valence electrons. The van der Waals surface area contributed by atoms with Gasteiger partial charge in [-0.05, 0) is 42.8 Å². The molecule has 0 saturated heterocycles. The molecular formula is C20H15ClFNO3. The molecule has 26 heavy (non-hydrogen) atoms. The lowest BCUT2D eigenvalue weighted by Crippen LogP contribution is -2.24.